The van der Waals surface area contributed by atoms with E-state index in [4.69, 9.17) is 21.1 Å². The van der Waals surface area contributed by atoms with Crippen LogP contribution in [0.3, 0.4) is 0 Å². The van der Waals surface area contributed by atoms with Crippen LogP contribution in [0.25, 0.3) is 0 Å². The second-order valence-corrected chi connectivity index (χ2v) is 3.65. The Morgan fingerprint density at radius 3 is 3.07 bits per heavy atom. The smallest absolute Gasteiger partial charge is 0.231 e. The third-order valence-corrected chi connectivity index (χ3v) is 2.55. The highest BCUT2D eigenvalue weighted by molar-refractivity contribution is 6.31. The Bertz CT molecular complexity index is 384. The maximum Gasteiger partial charge on any atom is 0.231 e. The Morgan fingerprint density at radius 2 is 2.33 bits per heavy atom. The molecule has 0 spiro atoms. The number of benzene rings is 1. The van der Waals surface area contributed by atoms with Crippen LogP contribution in [0.1, 0.15) is 5.56 Å². The number of hydrogen-bond donors (Lipinski definition) is 1. The van der Waals surface area contributed by atoms with Gasteiger partial charge in [-0.05, 0) is 20.0 Å². The highest BCUT2D eigenvalue weighted by Gasteiger charge is 2.23. The van der Waals surface area contributed by atoms with Crippen LogP contribution in [0, 0.1) is 5.82 Å². The number of hydrogen-bond acceptors (Lipinski definition) is 3. The van der Waals surface area contributed by atoms with Gasteiger partial charge in [-0.2, -0.15) is 0 Å². The lowest BCUT2D eigenvalue weighted by Crippen LogP contribution is -2.12. The molecule has 15 heavy (non-hydrogen) atoms. The van der Waals surface area contributed by atoms with Gasteiger partial charge >= 0.3 is 0 Å². The zero-order valence-electron chi connectivity index (χ0n) is 8.27. The molecule has 1 aliphatic rings. The molecular weight excluding hydrogens is 221 g/mol. The summed E-state index contributed by atoms with van der Waals surface area (Å²) >= 11 is 5.75. The van der Waals surface area contributed by atoms with Gasteiger partial charge in [0.15, 0.2) is 11.5 Å². The van der Waals surface area contributed by atoms with E-state index in [-0.39, 0.29) is 11.8 Å². The van der Waals surface area contributed by atoms with Crippen molar-refractivity contribution >= 4 is 11.6 Å². The fraction of sp³-hybridized carbons (Fsp3) is 0.400. The molecule has 0 aromatic heterocycles. The van der Waals surface area contributed by atoms with Crippen molar-refractivity contribution in [3.63, 3.8) is 0 Å². The minimum absolute atomic E-state index is 0.0744. The minimum atomic E-state index is -0.420. The number of rotatable bonds is 3. The molecule has 0 radical (unpaired) electrons. The number of ether oxygens (including phenoxy) is 2. The third-order valence-electron chi connectivity index (χ3n) is 2.27. The van der Waals surface area contributed by atoms with Gasteiger partial charge in [0.05, 0.1) is 5.02 Å². The topological polar surface area (TPSA) is 30.5 Å². The molecule has 1 heterocycles. The molecule has 1 aromatic carbocycles. The average Bonchev–Trinajstić information content (AvgIpc) is 2.66. The Kier molecular flexibility index (Phi) is 2.98. The highest BCUT2D eigenvalue weighted by atomic mass is 35.5. The summed E-state index contributed by atoms with van der Waals surface area (Å²) in [7, 11) is 1.81. The van der Waals surface area contributed by atoms with Crippen molar-refractivity contribution in [1.82, 2.24) is 5.32 Å². The van der Waals surface area contributed by atoms with E-state index in [2.05, 4.69) is 5.32 Å². The lowest BCUT2D eigenvalue weighted by molar-refractivity contribution is 0.173. The molecule has 0 unspecified atom stereocenters. The van der Waals surface area contributed by atoms with Crippen LogP contribution in [0.5, 0.6) is 11.5 Å². The quantitative estimate of drug-likeness (QED) is 0.863. The number of halogens is 2. The second kappa shape index (κ2) is 4.24. The van der Waals surface area contributed by atoms with Crippen molar-refractivity contribution in [2.24, 2.45) is 0 Å². The molecule has 0 amide bonds. The average molecular weight is 232 g/mol. The van der Waals surface area contributed by atoms with Gasteiger partial charge in [-0.1, -0.05) is 11.6 Å². The van der Waals surface area contributed by atoms with Crippen molar-refractivity contribution in [3.05, 3.63) is 22.5 Å². The van der Waals surface area contributed by atoms with Crippen LogP contribution in [0.2, 0.25) is 5.02 Å². The Labute approximate surface area is 92.1 Å². The largest absolute Gasteiger partial charge is 0.454 e. The molecule has 0 saturated carbocycles. The molecule has 0 saturated heterocycles. The molecule has 0 bridgehead atoms. The molecule has 0 aliphatic carbocycles. The van der Waals surface area contributed by atoms with E-state index in [0.29, 0.717) is 30.0 Å². The van der Waals surface area contributed by atoms with Crippen LogP contribution >= 0.6 is 11.6 Å². The molecule has 1 aromatic rings. The maximum absolute atomic E-state index is 13.7. The van der Waals surface area contributed by atoms with Crippen LogP contribution in [-0.2, 0) is 6.42 Å². The maximum atomic E-state index is 13.7. The van der Waals surface area contributed by atoms with Gasteiger partial charge in [0, 0.05) is 11.6 Å². The first-order chi connectivity index (χ1) is 7.24. The van der Waals surface area contributed by atoms with Crippen molar-refractivity contribution in [2.75, 3.05) is 20.4 Å². The summed E-state index contributed by atoms with van der Waals surface area (Å²) in [5, 5.41) is 3.02. The van der Waals surface area contributed by atoms with E-state index < -0.39 is 5.82 Å². The molecular formula is C10H11ClFNO2. The fourth-order valence-corrected chi connectivity index (χ4v) is 1.74. The predicted octanol–water partition coefficient (Wildman–Crippen LogP) is 1.97. The van der Waals surface area contributed by atoms with E-state index in [1.807, 2.05) is 0 Å². The van der Waals surface area contributed by atoms with E-state index in [1.54, 1.807) is 7.05 Å². The molecule has 1 N–H and O–H groups in total. The number of fused-ring (bicyclic) bond motifs is 1. The molecule has 2 rings (SSSR count). The highest BCUT2D eigenvalue weighted by Crippen LogP contribution is 2.40. The Morgan fingerprint density at radius 1 is 1.53 bits per heavy atom. The van der Waals surface area contributed by atoms with E-state index in [1.165, 1.54) is 6.07 Å². The molecule has 0 fully saturated rings. The molecule has 0 atom stereocenters. The van der Waals surface area contributed by atoms with Crippen LogP contribution in [-0.4, -0.2) is 20.4 Å². The summed E-state index contributed by atoms with van der Waals surface area (Å²) < 4.78 is 24.1. The first-order valence-corrected chi connectivity index (χ1v) is 5.03. The van der Waals surface area contributed by atoms with Crippen LogP contribution in [0.4, 0.5) is 4.39 Å². The van der Waals surface area contributed by atoms with Gasteiger partial charge in [-0.3, -0.25) is 0 Å². The molecule has 3 nitrogen and oxygen atoms in total. The van der Waals surface area contributed by atoms with Gasteiger partial charge in [0.25, 0.3) is 0 Å². The molecule has 1 aliphatic heterocycles. The van der Waals surface area contributed by atoms with E-state index >= 15 is 0 Å². The van der Waals surface area contributed by atoms with Gasteiger partial charge < -0.3 is 14.8 Å². The van der Waals surface area contributed by atoms with Gasteiger partial charge in [0.2, 0.25) is 6.79 Å². The SMILES string of the molecule is CNCCc1c(F)c(Cl)cc2c1OCO2. The summed E-state index contributed by atoms with van der Waals surface area (Å²) in [4.78, 5) is 0. The standard InChI is InChI=1S/C10H11ClFNO2/c1-13-3-2-6-9(12)7(11)4-8-10(6)15-5-14-8/h4,13H,2-3,5H2,1H3. The lowest BCUT2D eigenvalue weighted by Gasteiger charge is -2.08. The van der Waals surface area contributed by atoms with Gasteiger partial charge in [0.1, 0.15) is 5.82 Å². The van der Waals surface area contributed by atoms with Crippen molar-refractivity contribution < 1.29 is 13.9 Å². The minimum Gasteiger partial charge on any atom is -0.454 e. The van der Waals surface area contributed by atoms with Gasteiger partial charge in [-0.15, -0.1) is 0 Å². The van der Waals surface area contributed by atoms with Crippen LogP contribution in [0.15, 0.2) is 6.07 Å². The predicted molar refractivity (Wildman–Crippen MR) is 55.2 cm³/mol. The fourth-order valence-electron chi connectivity index (χ4n) is 1.53. The summed E-state index contributed by atoms with van der Waals surface area (Å²) in [5.74, 6) is 0.579. The molecule has 5 heteroatoms. The summed E-state index contributed by atoms with van der Waals surface area (Å²) in [6.07, 6.45) is 0.522. The second-order valence-electron chi connectivity index (χ2n) is 3.24. The first kappa shape index (κ1) is 10.5. The van der Waals surface area contributed by atoms with E-state index in [0.717, 1.165) is 0 Å². The van der Waals surface area contributed by atoms with Crippen molar-refractivity contribution in [1.29, 1.82) is 0 Å². The zero-order chi connectivity index (χ0) is 10.8. The molecule has 82 valence electrons. The number of likely N-dealkylation sites (N-methyl/N-ethyl adjacent to an activating group) is 1. The summed E-state index contributed by atoms with van der Waals surface area (Å²) in [5.41, 5.74) is 0.476. The van der Waals surface area contributed by atoms with Crippen molar-refractivity contribution in [2.45, 2.75) is 6.42 Å². The lowest BCUT2D eigenvalue weighted by atomic mass is 10.1. The third kappa shape index (κ3) is 1.87. The number of nitrogens with one attached hydrogen (secondary N) is 1. The van der Waals surface area contributed by atoms with Crippen LogP contribution < -0.4 is 14.8 Å². The van der Waals surface area contributed by atoms with E-state index in [9.17, 15) is 4.39 Å². The Hall–Kier alpha value is -1.00. The summed E-state index contributed by atoms with van der Waals surface area (Å²) in [6.45, 7) is 0.786. The zero-order valence-corrected chi connectivity index (χ0v) is 9.03. The summed E-state index contributed by atoms with van der Waals surface area (Å²) in [6, 6.07) is 1.45. The normalized spacial score (nSPS) is 13.3. The first-order valence-electron chi connectivity index (χ1n) is 4.65. The van der Waals surface area contributed by atoms with Gasteiger partial charge in [-0.25, -0.2) is 4.39 Å². The monoisotopic (exact) mass is 231 g/mol. The Balaban J connectivity index is 2.41. The van der Waals surface area contributed by atoms with Crippen molar-refractivity contribution in [3.8, 4) is 11.5 Å².